The number of rotatable bonds is 3. The van der Waals surface area contributed by atoms with Gasteiger partial charge in [-0.3, -0.25) is 9.29 Å². The first-order chi connectivity index (χ1) is 6.08. The van der Waals surface area contributed by atoms with Crippen LogP contribution in [0.5, 0.6) is 0 Å². The topological polar surface area (TPSA) is 50.3 Å². The van der Waals surface area contributed by atoms with Crippen molar-refractivity contribution in [1.29, 1.82) is 0 Å². The van der Waals surface area contributed by atoms with Crippen molar-refractivity contribution in [1.82, 2.24) is 4.98 Å². The molecule has 0 aliphatic carbocycles. The molecule has 0 bridgehead atoms. The van der Waals surface area contributed by atoms with Crippen LogP contribution in [0.4, 0.5) is 5.69 Å². The Morgan fingerprint density at radius 2 is 2.00 bits per heavy atom. The van der Waals surface area contributed by atoms with E-state index in [0.29, 0.717) is 5.69 Å². The summed E-state index contributed by atoms with van der Waals surface area (Å²) in [7, 11) is -1.93. The standard InChI is InChI=1S/C7H9ClN2O2S/c1-10(13(11,12)6-8)7-2-4-9-5-3-7/h2-5H,6H2,1H3. The van der Waals surface area contributed by atoms with E-state index in [-0.39, 0.29) is 0 Å². The Morgan fingerprint density at radius 3 is 2.46 bits per heavy atom. The SMILES string of the molecule is CN(c1ccncc1)S(=O)(=O)CCl. The molecule has 0 saturated carbocycles. The molecule has 0 spiro atoms. The molecule has 6 heteroatoms. The van der Waals surface area contributed by atoms with Crippen LogP contribution in [-0.2, 0) is 10.0 Å². The zero-order valence-electron chi connectivity index (χ0n) is 7.01. The average Bonchev–Trinajstić information content (AvgIpc) is 2.18. The van der Waals surface area contributed by atoms with Gasteiger partial charge in [-0.2, -0.15) is 0 Å². The molecule has 0 aliphatic rings. The highest BCUT2D eigenvalue weighted by molar-refractivity contribution is 7.93. The predicted octanol–water partition coefficient (Wildman–Crippen LogP) is 1.04. The summed E-state index contributed by atoms with van der Waals surface area (Å²) in [6.45, 7) is 0. The van der Waals surface area contributed by atoms with E-state index in [1.165, 1.54) is 19.4 Å². The minimum atomic E-state index is -3.38. The van der Waals surface area contributed by atoms with E-state index >= 15 is 0 Å². The van der Waals surface area contributed by atoms with Gasteiger partial charge < -0.3 is 0 Å². The molecule has 0 fully saturated rings. The molecule has 1 aromatic rings. The van der Waals surface area contributed by atoms with Gasteiger partial charge in [0.1, 0.15) is 5.21 Å². The van der Waals surface area contributed by atoms with Gasteiger partial charge in [-0.25, -0.2) is 8.42 Å². The summed E-state index contributed by atoms with van der Waals surface area (Å²) < 4.78 is 23.7. The molecular formula is C7H9ClN2O2S. The van der Waals surface area contributed by atoms with E-state index in [0.717, 1.165) is 4.31 Å². The van der Waals surface area contributed by atoms with Gasteiger partial charge in [0.05, 0.1) is 5.69 Å². The number of halogens is 1. The van der Waals surface area contributed by atoms with Crippen LogP contribution in [0.1, 0.15) is 0 Å². The van der Waals surface area contributed by atoms with E-state index in [4.69, 9.17) is 11.6 Å². The second-order valence-electron chi connectivity index (χ2n) is 2.39. The summed E-state index contributed by atoms with van der Waals surface area (Å²) in [4.78, 5) is 3.78. The molecule has 0 radical (unpaired) electrons. The summed E-state index contributed by atoms with van der Waals surface area (Å²) in [5.74, 6) is 0. The molecule has 4 nitrogen and oxygen atoms in total. The van der Waals surface area contributed by atoms with Gasteiger partial charge in [0.2, 0.25) is 10.0 Å². The second-order valence-corrected chi connectivity index (χ2v) is 4.98. The Morgan fingerprint density at radius 1 is 1.46 bits per heavy atom. The van der Waals surface area contributed by atoms with Crippen LogP contribution in [-0.4, -0.2) is 25.7 Å². The summed E-state index contributed by atoms with van der Waals surface area (Å²) >= 11 is 5.29. The second kappa shape index (κ2) is 3.93. The third-order valence-electron chi connectivity index (χ3n) is 1.58. The molecule has 13 heavy (non-hydrogen) atoms. The number of hydrogen-bond acceptors (Lipinski definition) is 3. The maximum atomic E-state index is 11.3. The quantitative estimate of drug-likeness (QED) is 0.716. The third-order valence-corrected chi connectivity index (χ3v) is 3.73. The summed E-state index contributed by atoms with van der Waals surface area (Å²) in [5.41, 5.74) is 0.552. The van der Waals surface area contributed by atoms with E-state index < -0.39 is 15.2 Å². The van der Waals surface area contributed by atoms with E-state index in [1.54, 1.807) is 12.1 Å². The summed E-state index contributed by atoms with van der Waals surface area (Å²) in [6.07, 6.45) is 3.05. The molecule has 1 rings (SSSR count). The Labute approximate surface area is 82.2 Å². The Hall–Kier alpha value is -0.810. The van der Waals surface area contributed by atoms with Crippen molar-refractivity contribution >= 4 is 27.3 Å². The molecule has 0 aliphatic heterocycles. The van der Waals surface area contributed by atoms with Crippen LogP contribution in [0.2, 0.25) is 0 Å². The molecule has 0 unspecified atom stereocenters. The monoisotopic (exact) mass is 220 g/mol. The lowest BCUT2D eigenvalue weighted by Gasteiger charge is -2.16. The molecule has 0 atom stereocenters. The van der Waals surface area contributed by atoms with Gasteiger partial charge in [-0.05, 0) is 12.1 Å². The number of hydrogen-bond donors (Lipinski definition) is 0. The molecule has 0 amide bonds. The first kappa shape index (κ1) is 10.3. The molecule has 0 N–H and O–H groups in total. The van der Waals surface area contributed by atoms with Crippen molar-refractivity contribution in [3.8, 4) is 0 Å². The minimum Gasteiger partial charge on any atom is -0.272 e. The highest BCUT2D eigenvalue weighted by Gasteiger charge is 2.15. The smallest absolute Gasteiger partial charge is 0.248 e. The zero-order chi connectivity index (χ0) is 9.90. The van der Waals surface area contributed by atoms with Crippen LogP contribution in [0.3, 0.4) is 0 Å². The number of alkyl halides is 1. The van der Waals surface area contributed by atoms with Gasteiger partial charge in [0.25, 0.3) is 0 Å². The van der Waals surface area contributed by atoms with E-state index in [2.05, 4.69) is 4.98 Å². The van der Waals surface area contributed by atoms with Gasteiger partial charge in [0, 0.05) is 19.4 Å². The van der Waals surface area contributed by atoms with Crippen LogP contribution in [0, 0.1) is 0 Å². The van der Waals surface area contributed by atoms with Gasteiger partial charge in [0.15, 0.2) is 0 Å². The van der Waals surface area contributed by atoms with Crippen LogP contribution in [0.25, 0.3) is 0 Å². The largest absolute Gasteiger partial charge is 0.272 e. The first-order valence-electron chi connectivity index (χ1n) is 3.50. The maximum Gasteiger partial charge on any atom is 0.248 e. The lowest BCUT2D eigenvalue weighted by molar-refractivity contribution is 0.599. The fraction of sp³-hybridized carbons (Fsp3) is 0.286. The number of pyridine rings is 1. The Kier molecular flexibility index (Phi) is 3.11. The van der Waals surface area contributed by atoms with Crippen molar-refractivity contribution in [2.75, 3.05) is 16.6 Å². The molecule has 1 heterocycles. The van der Waals surface area contributed by atoms with Crippen LogP contribution < -0.4 is 4.31 Å². The molecule has 1 aromatic heterocycles. The number of anilines is 1. The Balaban J connectivity index is 2.99. The first-order valence-corrected chi connectivity index (χ1v) is 5.65. The van der Waals surface area contributed by atoms with E-state index in [9.17, 15) is 8.42 Å². The molecule has 0 aromatic carbocycles. The third kappa shape index (κ3) is 2.32. The summed E-state index contributed by atoms with van der Waals surface area (Å²) in [5, 5.41) is -0.425. The van der Waals surface area contributed by atoms with Crippen LogP contribution >= 0.6 is 11.6 Å². The molecular weight excluding hydrogens is 212 g/mol. The zero-order valence-corrected chi connectivity index (χ0v) is 8.59. The highest BCUT2D eigenvalue weighted by atomic mass is 35.5. The highest BCUT2D eigenvalue weighted by Crippen LogP contribution is 2.14. The predicted molar refractivity (Wildman–Crippen MR) is 52.3 cm³/mol. The number of nitrogens with zero attached hydrogens (tertiary/aromatic N) is 2. The average molecular weight is 221 g/mol. The van der Waals surface area contributed by atoms with Crippen molar-refractivity contribution in [2.45, 2.75) is 0 Å². The molecule has 0 saturated heterocycles. The van der Waals surface area contributed by atoms with Gasteiger partial charge in [-0.15, -0.1) is 11.6 Å². The fourth-order valence-electron chi connectivity index (χ4n) is 0.788. The summed E-state index contributed by atoms with van der Waals surface area (Å²) in [6, 6.07) is 3.20. The molecule has 72 valence electrons. The number of aromatic nitrogens is 1. The van der Waals surface area contributed by atoms with Gasteiger partial charge >= 0.3 is 0 Å². The normalized spacial score (nSPS) is 11.2. The van der Waals surface area contributed by atoms with Gasteiger partial charge in [-0.1, -0.05) is 0 Å². The maximum absolute atomic E-state index is 11.3. The lowest BCUT2D eigenvalue weighted by atomic mass is 10.4. The van der Waals surface area contributed by atoms with Crippen LogP contribution in [0.15, 0.2) is 24.5 Å². The number of sulfonamides is 1. The minimum absolute atomic E-state index is 0.425. The Bertz CT molecular complexity index is 365. The fourth-order valence-corrected chi connectivity index (χ4v) is 1.82. The van der Waals surface area contributed by atoms with Crippen molar-refractivity contribution in [3.05, 3.63) is 24.5 Å². The lowest BCUT2D eigenvalue weighted by Crippen LogP contribution is -2.27. The van der Waals surface area contributed by atoms with Crippen molar-refractivity contribution < 1.29 is 8.42 Å². The van der Waals surface area contributed by atoms with Crippen molar-refractivity contribution in [2.24, 2.45) is 0 Å². The van der Waals surface area contributed by atoms with E-state index in [1.807, 2.05) is 0 Å². The van der Waals surface area contributed by atoms with Crippen molar-refractivity contribution in [3.63, 3.8) is 0 Å².